The summed E-state index contributed by atoms with van der Waals surface area (Å²) in [7, 11) is 3.69. The molecular weight excluding hydrogens is 234 g/mol. The zero-order valence-corrected chi connectivity index (χ0v) is 11.0. The summed E-state index contributed by atoms with van der Waals surface area (Å²) in [5, 5.41) is 3.01. The van der Waals surface area contributed by atoms with Crippen LogP contribution in [0, 0.1) is 0 Å². The average molecular weight is 251 g/mol. The highest BCUT2D eigenvalue weighted by molar-refractivity contribution is 7.99. The molecule has 2 rings (SSSR count). The van der Waals surface area contributed by atoms with Crippen molar-refractivity contribution in [3.8, 4) is 0 Å². The van der Waals surface area contributed by atoms with Crippen LogP contribution in [0.2, 0.25) is 0 Å². The fraction of sp³-hybridized carbons (Fsp3) is 0.500. The van der Waals surface area contributed by atoms with Crippen LogP contribution < -0.4 is 5.32 Å². The van der Waals surface area contributed by atoms with Crippen LogP contribution in [0.5, 0.6) is 0 Å². The number of carbonyl (C=O) groups is 1. The molecule has 5 heteroatoms. The van der Waals surface area contributed by atoms with Gasteiger partial charge in [0.1, 0.15) is 0 Å². The number of thioether (sulfide) groups is 1. The van der Waals surface area contributed by atoms with Gasteiger partial charge >= 0.3 is 0 Å². The smallest absolute Gasteiger partial charge is 0.256 e. The molecule has 1 saturated heterocycles. The van der Waals surface area contributed by atoms with Gasteiger partial charge in [0.15, 0.2) is 0 Å². The number of anilines is 1. The molecule has 1 aromatic heterocycles. The van der Waals surface area contributed by atoms with E-state index in [4.69, 9.17) is 0 Å². The maximum Gasteiger partial charge on any atom is 0.256 e. The number of hydrogen-bond donors (Lipinski definition) is 1. The van der Waals surface area contributed by atoms with Crippen LogP contribution in [0.4, 0.5) is 5.69 Å². The molecule has 0 spiro atoms. The molecule has 1 fully saturated rings. The molecule has 1 aliphatic rings. The van der Waals surface area contributed by atoms with E-state index in [9.17, 15) is 4.79 Å². The van der Waals surface area contributed by atoms with E-state index in [0.29, 0.717) is 11.6 Å². The van der Waals surface area contributed by atoms with Crippen molar-refractivity contribution in [2.75, 3.05) is 30.9 Å². The predicted molar refractivity (Wildman–Crippen MR) is 71.6 cm³/mol. The van der Waals surface area contributed by atoms with Crippen LogP contribution in [0.3, 0.4) is 0 Å². The second-order valence-corrected chi connectivity index (χ2v) is 5.25. The van der Waals surface area contributed by atoms with Gasteiger partial charge in [-0.2, -0.15) is 11.8 Å². The number of hydrogen-bond acceptors (Lipinski definition) is 4. The van der Waals surface area contributed by atoms with E-state index in [1.807, 2.05) is 23.7 Å². The van der Waals surface area contributed by atoms with Crippen molar-refractivity contribution >= 4 is 23.4 Å². The highest BCUT2D eigenvalue weighted by Crippen LogP contribution is 2.24. The normalized spacial score (nSPS) is 19.1. The Balaban J connectivity index is 2.18. The standard InChI is InChI=1S/C12H17N3OS/c1-13-11-7-14-5-3-10(11)12(16)15(2)9-4-6-17-8-9/h3,5,7,9,13H,4,6,8H2,1-2H3. The fourth-order valence-electron chi connectivity index (χ4n) is 1.96. The van der Waals surface area contributed by atoms with Crippen molar-refractivity contribution in [3.05, 3.63) is 24.0 Å². The zero-order chi connectivity index (χ0) is 12.3. The lowest BCUT2D eigenvalue weighted by molar-refractivity contribution is 0.0748. The summed E-state index contributed by atoms with van der Waals surface area (Å²) in [5.41, 5.74) is 1.48. The molecule has 4 nitrogen and oxygen atoms in total. The van der Waals surface area contributed by atoms with Gasteiger partial charge in [0.05, 0.1) is 17.4 Å². The van der Waals surface area contributed by atoms with E-state index >= 15 is 0 Å². The summed E-state index contributed by atoms with van der Waals surface area (Å²) >= 11 is 1.91. The van der Waals surface area contributed by atoms with Crippen molar-refractivity contribution in [2.45, 2.75) is 12.5 Å². The lowest BCUT2D eigenvalue weighted by Crippen LogP contribution is -2.37. The van der Waals surface area contributed by atoms with Gasteiger partial charge in [-0.3, -0.25) is 9.78 Å². The monoisotopic (exact) mass is 251 g/mol. The second kappa shape index (κ2) is 5.40. The Morgan fingerprint density at radius 1 is 1.65 bits per heavy atom. The first-order valence-electron chi connectivity index (χ1n) is 5.70. The lowest BCUT2D eigenvalue weighted by Gasteiger charge is -2.24. The number of amides is 1. The molecule has 17 heavy (non-hydrogen) atoms. The highest BCUT2D eigenvalue weighted by atomic mass is 32.2. The van der Waals surface area contributed by atoms with E-state index in [1.165, 1.54) is 0 Å². The van der Waals surface area contributed by atoms with Crippen LogP contribution in [-0.4, -0.2) is 47.4 Å². The summed E-state index contributed by atoms with van der Waals surface area (Å²) in [6, 6.07) is 2.14. The van der Waals surface area contributed by atoms with E-state index in [1.54, 1.807) is 25.5 Å². The Labute approximate surface area is 106 Å². The summed E-state index contributed by atoms with van der Waals surface area (Å²) in [5.74, 6) is 2.27. The van der Waals surface area contributed by atoms with Gasteiger partial charge in [0.25, 0.3) is 5.91 Å². The van der Waals surface area contributed by atoms with Crippen molar-refractivity contribution in [1.82, 2.24) is 9.88 Å². The Morgan fingerprint density at radius 3 is 3.12 bits per heavy atom. The quantitative estimate of drug-likeness (QED) is 0.888. The summed E-state index contributed by atoms with van der Waals surface area (Å²) in [4.78, 5) is 18.2. The molecular formula is C12H17N3OS. The van der Waals surface area contributed by atoms with E-state index in [0.717, 1.165) is 23.6 Å². The number of carbonyl (C=O) groups excluding carboxylic acids is 1. The third-order valence-corrected chi connectivity index (χ3v) is 4.24. The molecule has 0 bridgehead atoms. The van der Waals surface area contributed by atoms with Gasteiger partial charge in [-0.15, -0.1) is 0 Å². The van der Waals surface area contributed by atoms with Crippen molar-refractivity contribution < 1.29 is 4.79 Å². The first kappa shape index (κ1) is 12.2. The number of nitrogens with one attached hydrogen (secondary N) is 1. The largest absolute Gasteiger partial charge is 0.386 e. The molecule has 1 aliphatic heterocycles. The van der Waals surface area contributed by atoms with Crippen LogP contribution >= 0.6 is 11.8 Å². The summed E-state index contributed by atoms with van der Waals surface area (Å²) in [6.45, 7) is 0. The second-order valence-electron chi connectivity index (χ2n) is 4.10. The van der Waals surface area contributed by atoms with Crippen LogP contribution in [0.25, 0.3) is 0 Å². The molecule has 0 aliphatic carbocycles. The first-order valence-corrected chi connectivity index (χ1v) is 6.86. The van der Waals surface area contributed by atoms with Crippen molar-refractivity contribution in [2.24, 2.45) is 0 Å². The number of pyridine rings is 1. The SMILES string of the molecule is CNc1cnccc1C(=O)N(C)C1CCSC1. The Bertz CT molecular complexity index is 404. The molecule has 0 aromatic carbocycles. The third-order valence-electron chi connectivity index (χ3n) is 3.09. The maximum atomic E-state index is 12.4. The van der Waals surface area contributed by atoms with Crippen LogP contribution in [0.1, 0.15) is 16.8 Å². The van der Waals surface area contributed by atoms with Crippen molar-refractivity contribution in [1.29, 1.82) is 0 Å². The van der Waals surface area contributed by atoms with Gasteiger partial charge in [-0.25, -0.2) is 0 Å². The predicted octanol–water partition coefficient (Wildman–Crippen LogP) is 1.70. The average Bonchev–Trinajstić information content (AvgIpc) is 2.90. The minimum absolute atomic E-state index is 0.0734. The topological polar surface area (TPSA) is 45.2 Å². The van der Waals surface area contributed by atoms with E-state index in [2.05, 4.69) is 10.3 Å². The maximum absolute atomic E-state index is 12.4. The molecule has 2 heterocycles. The molecule has 0 radical (unpaired) electrons. The van der Waals surface area contributed by atoms with Crippen LogP contribution in [-0.2, 0) is 0 Å². The van der Waals surface area contributed by atoms with Gasteiger partial charge in [-0.05, 0) is 18.2 Å². The number of nitrogens with zero attached hydrogens (tertiary/aromatic N) is 2. The highest BCUT2D eigenvalue weighted by Gasteiger charge is 2.25. The molecule has 1 N–H and O–H groups in total. The molecule has 92 valence electrons. The van der Waals surface area contributed by atoms with Crippen molar-refractivity contribution in [3.63, 3.8) is 0 Å². The Hall–Kier alpha value is -1.23. The number of rotatable bonds is 3. The minimum Gasteiger partial charge on any atom is -0.386 e. The van der Waals surface area contributed by atoms with Gasteiger partial charge in [0.2, 0.25) is 0 Å². The summed E-state index contributed by atoms with van der Waals surface area (Å²) in [6.07, 6.45) is 4.43. The molecule has 1 unspecified atom stereocenters. The minimum atomic E-state index is 0.0734. The Kier molecular flexibility index (Phi) is 3.89. The van der Waals surface area contributed by atoms with Gasteiger partial charge < -0.3 is 10.2 Å². The van der Waals surface area contributed by atoms with Gasteiger partial charge in [0, 0.05) is 32.1 Å². The molecule has 1 aromatic rings. The van der Waals surface area contributed by atoms with E-state index in [-0.39, 0.29) is 5.91 Å². The summed E-state index contributed by atoms with van der Waals surface area (Å²) < 4.78 is 0. The molecule has 1 amide bonds. The molecule has 0 saturated carbocycles. The Morgan fingerprint density at radius 2 is 2.47 bits per heavy atom. The van der Waals surface area contributed by atoms with Gasteiger partial charge in [-0.1, -0.05) is 0 Å². The molecule has 1 atom stereocenters. The zero-order valence-electron chi connectivity index (χ0n) is 10.1. The number of aromatic nitrogens is 1. The lowest BCUT2D eigenvalue weighted by atomic mass is 10.1. The van der Waals surface area contributed by atoms with E-state index < -0.39 is 0 Å². The van der Waals surface area contributed by atoms with Crippen LogP contribution in [0.15, 0.2) is 18.5 Å². The first-order chi connectivity index (χ1) is 8.24. The third kappa shape index (κ3) is 2.54. The fourth-order valence-corrected chi connectivity index (χ4v) is 3.23.